The van der Waals surface area contributed by atoms with E-state index in [9.17, 15) is 4.39 Å². The molecule has 4 aromatic rings. The molecule has 0 amide bonds. The van der Waals surface area contributed by atoms with Gasteiger partial charge in [-0.15, -0.1) is 0 Å². The van der Waals surface area contributed by atoms with Crippen molar-refractivity contribution < 1.29 is 4.39 Å². The molecule has 0 bridgehead atoms. The topological polar surface area (TPSA) is 29.0 Å². The predicted octanol–water partition coefficient (Wildman–Crippen LogP) is 4.95. The van der Waals surface area contributed by atoms with Crippen molar-refractivity contribution in [3.8, 4) is 11.1 Å². The molecule has 2 aromatic carbocycles. The highest BCUT2D eigenvalue weighted by atomic mass is 19.1. The zero-order chi connectivity index (χ0) is 18.2. The number of aromatic nitrogens is 2. The summed E-state index contributed by atoms with van der Waals surface area (Å²) in [6.07, 6.45) is 5.43. The lowest BCUT2D eigenvalue weighted by Gasteiger charge is -2.15. The first-order valence-electron chi connectivity index (χ1n) is 9.04. The molecule has 0 aliphatic carbocycles. The standard InChI is InChI=1S/C23H18FN3/c24-22-11-18(17-4-3-16-7-9-25-12-21(16)10-17)5-6-19(22)13-27-14-20-2-1-8-26-23(20)15-27/h1-12H,13-15H2. The Bertz CT molecular complexity index is 1110. The van der Waals surface area contributed by atoms with Gasteiger partial charge >= 0.3 is 0 Å². The molecule has 0 spiro atoms. The van der Waals surface area contributed by atoms with Crippen molar-refractivity contribution in [3.63, 3.8) is 0 Å². The highest BCUT2D eigenvalue weighted by Gasteiger charge is 2.20. The summed E-state index contributed by atoms with van der Waals surface area (Å²) < 4.78 is 14.8. The van der Waals surface area contributed by atoms with E-state index in [4.69, 9.17) is 0 Å². The van der Waals surface area contributed by atoms with Crippen LogP contribution in [0.2, 0.25) is 0 Å². The number of fused-ring (bicyclic) bond motifs is 2. The number of hydrogen-bond acceptors (Lipinski definition) is 3. The average molecular weight is 355 g/mol. The second-order valence-corrected chi connectivity index (χ2v) is 7.00. The molecule has 1 aliphatic rings. The Morgan fingerprint density at radius 3 is 2.67 bits per heavy atom. The summed E-state index contributed by atoms with van der Waals surface area (Å²) in [7, 11) is 0. The Hall–Kier alpha value is -3.11. The fourth-order valence-corrected chi connectivity index (χ4v) is 3.74. The SMILES string of the molecule is Fc1cc(-c2ccc3ccncc3c2)ccc1CN1Cc2cccnc2C1. The molecule has 0 atom stereocenters. The Kier molecular flexibility index (Phi) is 3.91. The normalized spacial score (nSPS) is 13.8. The summed E-state index contributed by atoms with van der Waals surface area (Å²) >= 11 is 0. The van der Waals surface area contributed by atoms with Crippen LogP contribution in [0.4, 0.5) is 4.39 Å². The molecule has 3 nitrogen and oxygen atoms in total. The van der Waals surface area contributed by atoms with Gasteiger partial charge in [-0.2, -0.15) is 0 Å². The highest BCUT2D eigenvalue weighted by molar-refractivity contribution is 5.86. The zero-order valence-electron chi connectivity index (χ0n) is 14.8. The molecule has 3 heterocycles. The fourth-order valence-electron chi connectivity index (χ4n) is 3.74. The Labute approximate surface area is 157 Å². The van der Waals surface area contributed by atoms with E-state index in [-0.39, 0.29) is 5.82 Å². The maximum absolute atomic E-state index is 14.8. The van der Waals surface area contributed by atoms with Crippen LogP contribution in [0.15, 0.2) is 73.2 Å². The largest absolute Gasteiger partial charge is 0.289 e. The minimum atomic E-state index is -0.164. The van der Waals surface area contributed by atoms with Gasteiger partial charge in [-0.05, 0) is 46.3 Å². The molecule has 4 heteroatoms. The molecule has 0 saturated heterocycles. The van der Waals surface area contributed by atoms with Gasteiger partial charge in [0.1, 0.15) is 5.82 Å². The molecule has 2 aromatic heterocycles. The number of pyridine rings is 2. The third-order valence-corrected chi connectivity index (χ3v) is 5.17. The quantitative estimate of drug-likeness (QED) is 0.521. The molecular weight excluding hydrogens is 337 g/mol. The summed E-state index contributed by atoms with van der Waals surface area (Å²) in [6.45, 7) is 2.18. The first kappa shape index (κ1) is 16.1. The van der Waals surface area contributed by atoms with Crippen LogP contribution in [0.5, 0.6) is 0 Å². The third-order valence-electron chi connectivity index (χ3n) is 5.17. The Balaban J connectivity index is 1.39. The smallest absolute Gasteiger partial charge is 0.128 e. The van der Waals surface area contributed by atoms with E-state index in [2.05, 4.69) is 27.0 Å². The zero-order valence-corrected chi connectivity index (χ0v) is 14.8. The van der Waals surface area contributed by atoms with Gasteiger partial charge in [0.2, 0.25) is 0 Å². The second kappa shape index (κ2) is 6.56. The van der Waals surface area contributed by atoms with Crippen LogP contribution in [0.25, 0.3) is 21.9 Å². The van der Waals surface area contributed by atoms with Crippen LogP contribution >= 0.6 is 0 Å². The maximum atomic E-state index is 14.8. The number of hydrogen-bond donors (Lipinski definition) is 0. The molecule has 0 saturated carbocycles. The first-order valence-corrected chi connectivity index (χ1v) is 9.04. The van der Waals surface area contributed by atoms with Gasteiger partial charge in [-0.3, -0.25) is 14.9 Å². The van der Waals surface area contributed by atoms with Crippen LogP contribution < -0.4 is 0 Å². The van der Waals surface area contributed by atoms with Crippen molar-refractivity contribution in [2.24, 2.45) is 0 Å². The van der Waals surface area contributed by atoms with Gasteiger partial charge in [0.05, 0.1) is 5.69 Å². The molecule has 0 N–H and O–H groups in total. The van der Waals surface area contributed by atoms with Crippen LogP contribution in [-0.4, -0.2) is 14.9 Å². The van der Waals surface area contributed by atoms with Crippen LogP contribution in [0, 0.1) is 5.82 Å². The van der Waals surface area contributed by atoms with Crippen molar-refractivity contribution in [2.45, 2.75) is 19.6 Å². The average Bonchev–Trinajstić information content (AvgIpc) is 3.11. The summed E-state index contributed by atoms with van der Waals surface area (Å²) in [6, 6.07) is 17.7. The van der Waals surface area contributed by atoms with Gasteiger partial charge in [-0.1, -0.05) is 30.3 Å². The highest BCUT2D eigenvalue weighted by Crippen LogP contribution is 2.27. The van der Waals surface area contributed by atoms with Crippen molar-refractivity contribution in [3.05, 3.63) is 95.8 Å². The summed E-state index contributed by atoms with van der Waals surface area (Å²) in [5, 5.41) is 2.19. The fraction of sp³-hybridized carbons (Fsp3) is 0.130. The van der Waals surface area contributed by atoms with E-state index in [0.717, 1.165) is 40.7 Å². The number of benzene rings is 2. The number of halogens is 1. The second-order valence-electron chi connectivity index (χ2n) is 7.00. The Morgan fingerprint density at radius 1 is 0.889 bits per heavy atom. The maximum Gasteiger partial charge on any atom is 0.128 e. The van der Waals surface area contributed by atoms with Gasteiger partial charge < -0.3 is 0 Å². The monoisotopic (exact) mass is 355 g/mol. The van der Waals surface area contributed by atoms with E-state index in [1.165, 1.54) is 5.56 Å². The van der Waals surface area contributed by atoms with Crippen LogP contribution in [-0.2, 0) is 19.6 Å². The van der Waals surface area contributed by atoms with Crippen molar-refractivity contribution >= 4 is 10.8 Å². The van der Waals surface area contributed by atoms with Crippen molar-refractivity contribution in [1.29, 1.82) is 0 Å². The first-order chi connectivity index (χ1) is 13.3. The molecule has 1 aliphatic heterocycles. The predicted molar refractivity (Wildman–Crippen MR) is 104 cm³/mol. The molecule has 132 valence electrons. The van der Waals surface area contributed by atoms with Crippen LogP contribution in [0.1, 0.15) is 16.8 Å². The molecule has 0 unspecified atom stereocenters. The summed E-state index contributed by atoms with van der Waals surface area (Å²) in [5.74, 6) is -0.164. The number of nitrogens with zero attached hydrogens (tertiary/aromatic N) is 3. The molecule has 0 radical (unpaired) electrons. The van der Waals surface area contributed by atoms with E-state index < -0.39 is 0 Å². The van der Waals surface area contributed by atoms with E-state index in [1.54, 1.807) is 12.3 Å². The van der Waals surface area contributed by atoms with E-state index in [0.29, 0.717) is 12.1 Å². The lowest BCUT2D eigenvalue weighted by atomic mass is 10.0. The molecular formula is C23H18FN3. The summed E-state index contributed by atoms with van der Waals surface area (Å²) in [4.78, 5) is 10.8. The van der Waals surface area contributed by atoms with Crippen LogP contribution in [0.3, 0.4) is 0 Å². The van der Waals surface area contributed by atoms with E-state index >= 15 is 0 Å². The molecule has 0 fully saturated rings. The van der Waals surface area contributed by atoms with Gasteiger partial charge in [0.25, 0.3) is 0 Å². The lowest BCUT2D eigenvalue weighted by molar-refractivity contribution is 0.270. The van der Waals surface area contributed by atoms with Gasteiger partial charge in [0, 0.05) is 49.2 Å². The number of rotatable bonds is 3. The molecule has 5 rings (SSSR count). The minimum absolute atomic E-state index is 0.164. The van der Waals surface area contributed by atoms with Gasteiger partial charge in [-0.25, -0.2) is 4.39 Å². The molecule has 27 heavy (non-hydrogen) atoms. The third kappa shape index (κ3) is 3.09. The van der Waals surface area contributed by atoms with Crippen molar-refractivity contribution in [1.82, 2.24) is 14.9 Å². The van der Waals surface area contributed by atoms with E-state index in [1.807, 2.05) is 48.8 Å². The van der Waals surface area contributed by atoms with Gasteiger partial charge in [0.15, 0.2) is 0 Å². The minimum Gasteiger partial charge on any atom is -0.289 e. The Morgan fingerprint density at radius 2 is 1.78 bits per heavy atom. The van der Waals surface area contributed by atoms with Crippen molar-refractivity contribution in [2.75, 3.05) is 0 Å². The summed E-state index contributed by atoms with van der Waals surface area (Å²) in [5.41, 5.74) is 4.93. The lowest BCUT2D eigenvalue weighted by Crippen LogP contribution is -2.16.